The number of hydrogen-bond donors (Lipinski definition) is 2. The van der Waals surface area contributed by atoms with Crippen molar-refractivity contribution in [3.63, 3.8) is 0 Å². The van der Waals surface area contributed by atoms with E-state index in [0.29, 0.717) is 22.1 Å². The van der Waals surface area contributed by atoms with Crippen LogP contribution < -0.4 is 19.5 Å². The lowest BCUT2D eigenvalue weighted by molar-refractivity contribution is 0.102. The van der Waals surface area contributed by atoms with Crippen molar-refractivity contribution >= 4 is 39.2 Å². The van der Waals surface area contributed by atoms with Crippen molar-refractivity contribution < 1.29 is 27.1 Å². The Morgan fingerprint density at radius 3 is 2.43 bits per heavy atom. The molecule has 0 unspecified atom stereocenters. The molecule has 1 heterocycles. The van der Waals surface area contributed by atoms with E-state index in [1.54, 1.807) is 30.3 Å². The van der Waals surface area contributed by atoms with Crippen molar-refractivity contribution in [2.24, 2.45) is 0 Å². The van der Waals surface area contributed by atoms with Crippen LogP contribution in [0, 0.1) is 0 Å². The van der Waals surface area contributed by atoms with Crippen molar-refractivity contribution in [3.05, 3.63) is 77.3 Å². The summed E-state index contributed by atoms with van der Waals surface area (Å²) in [5.41, 5.74) is 0.612. The van der Waals surface area contributed by atoms with Gasteiger partial charge in [0.25, 0.3) is 21.8 Å². The topological polar surface area (TPSA) is 133 Å². The molecule has 4 rings (SSSR count). The molecule has 1 amide bonds. The van der Waals surface area contributed by atoms with Crippen molar-refractivity contribution in [3.8, 4) is 23.0 Å². The minimum atomic E-state index is -3.97. The lowest BCUT2D eigenvalue weighted by atomic mass is 10.2. The van der Waals surface area contributed by atoms with Crippen LogP contribution in [0.25, 0.3) is 11.5 Å². The van der Waals surface area contributed by atoms with E-state index in [1.165, 1.54) is 50.6 Å². The van der Waals surface area contributed by atoms with Crippen molar-refractivity contribution in [1.82, 2.24) is 10.2 Å². The van der Waals surface area contributed by atoms with E-state index in [9.17, 15) is 13.2 Å². The van der Waals surface area contributed by atoms with Gasteiger partial charge in [0.05, 0.1) is 35.9 Å². The van der Waals surface area contributed by atoms with Crippen LogP contribution in [0.1, 0.15) is 10.4 Å². The Bertz CT molecular complexity index is 1470. The molecule has 180 valence electrons. The predicted octanol–water partition coefficient (Wildman–Crippen LogP) is 4.46. The van der Waals surface area contributed by atoms with E-state index in [1.807, 2.05) is 0 Å². The van der Waals surface area contributed by atoms with E-state index in [-0.39, 0.29) is 28.1 Å². The van der Waals surface area contributed by atoms with E-state index in [4.69, 9.17) is 25.5 Å². The number of ether oxygens (including phenoxy) is 2. The van der Waals surface area contributed by atoms with Gasteiger partial charge in [-0.1, -0.05) is 28.8 Å². The van der Waals surface area contributed by atoms with Gasteiger partial charge < -0.3 is 13.9 Å². The highest BCUT2D eigenvalue weighted by Crippen LogP contribution is 2.33. The third-order valence-corrected chi connectivity index (χ3v) is 6.46. The van der Waals surface area contributed by atoms with Gasteiger partial charge >= 0.3 is 6.01 Å². The Balaban J connectivity index is 1.55. The molecule has 0 radical (unpaired) electrons. The Morgan fingerprint density at radius 2 is 1.71 bits per heavy atom. The first-order valence-electron chi connectivity index (χ1n) is 10.1. The first kappa shape index (κ1) is 24.0. The Labute approximate surface area is 205 Å². The highest BCUT2D eigenvalue weighted by molar-refractivity contribution is 7.92. The predicted molar refractivity (Wildman–Crippen MR) is 129 cm³/mol. The Morgan fingerprint density at radius 1 is 0.971 bits per heavy atom. The van der Waals surface area contributed by atoms with Gasteiger partial charge in [0.15, 0.2) is 0 Å². The highest BCUT2D eigenvalue weighted by Gasteiger charge is 2.21. The number of carbonyl (C=O) groups excluding carboxylic acids is 1. The van der Waals surface area contributed by atoms with Gasteiger partial charge in [-0.25, -0.2) is 8.42 Å². The third kappa shape index (κ3) is 5.36. The van der Waals surface area contributed by atoms with E-state index >= 15 is 0 Å². The number of nitrogens with zero attached hydrogens (tertiary/aromatic N) is 2. The molecule has 4 aromatic rings. The monoisotopic (exact) mass is 514 g/mol. The molecule has 0 fully saturated rings. The molecule has 0 aliphatic carbocycles. The molecule has 0 aliphatic rings. The molecule has 12 heteroatoms. The molecule has 1 aromatic heterocycles. The number of nitrogens with one attached hydrogen (secondary N) is 2. The molecule has 0 aliphatic heterocycles. The lowest BCUT2D eigenvalue weighted by Gasteiger charge is -2.12. The smallest absolute Gasteiger partial charge is 0.322 e. The number of amides is 1. The second-order valence-electron chi connectivity index (χ2n) is 7.04. The largest absolute Gasteiger partial charge is 0.497 e. The SMILES string of the molecule is COc1ccc(-c2nnc(NC(=O)c3ccccc3NS(=O)(=O)c3ccc(Cl)cc3)o2)c(OC)c1. The minimum Gasteiger partial charge on any atom is -0.497 e. The second-order valence-corrected chi connectivity index (χ2v) is 9.16. The van der Waals surface area contributed by atoms with Crippen LogP contribution in [-0.2, 0) is 10.0 Å². The summed E-state index contributed by atoms with van der Waals surface area (Å²) in [7, 11) is -0.953. The standard InChI is InChI=1S/C23H19ClN4O6S/c1-32-15-9-12-18(20(13-15)33-2)22-26-27-23(34-22)25-21(29)17-5-3-4-6-19(17)28-35(30,31)16-10-7-14(24)8-11-16/h3-13,28H,1-2H3,(H,25,27,29). The fraction of sp³-hybridized carbons (Fsp3) is 0.0870. The molecule has 0 atom stereocenters. The molecule has 2 N–H and O–H groups in total. The molecule has 3 aromatic carbocycles. The average molecular weight is 515 g/mol. The summed E-state index contributed by atoms with van der Waals surface area (Å²) in [6.45, 7) is 0. The molecule has 35 heavy (non-hydrogen) atoms. The van der Waals surface area contributed by atoms with Crippen molar-refractivity contribution in [2.45, 2.75) is 4.90 Å². The van der Waals surface area contributed by atoms with Crippen LogP contribution in [0.15, 0.2) is 76.0 Å². The first-order chi connectivity index (χ1) is 16.8. The van der Waals surface area contributed by atoms with E-state index in [0.717, 1.165) is 0 Å². The van der Waals surface area contributed by atoms with Crippen LogP contribution in [0.5, 0.6) is 11.5 Å². The quantitative estimate of drug-likeness (QED) is 0.352. The van der Waals surface area contributed by atoms with Crippen LogP contribution in [0.3, 0.4) is 0 Å². The first-order valence-corrected chi connectivity index (χ1v) is 11.9. The van der Waals surface area contributed by atoms with Crippen LogP contribution >= 0.6 is 11.6 Å². The number of anilines is 2. The normalized spacial score (nSPS) is 11.1. The van der Waals surface area contributed by atoms with E-state index in [2.05, 4.69) is 20.2 Å². The maximum absolute atomic E-state index is 12.9. The number of sulfonamides is 1. The van der Waals surface area contributed by atoms with Gasteiger partial charge in [0.2, 0.25) is 0 Å². The van der Waals surface area contributed by atoms with Gasteiger partial charge in [-0.2, -0.15) is 0 Å². The van der Waals surface area contributed by atoms with E-state index < -0.39 is 15.9 Å². The summed E-state index contributed by atoms with van der Waals surface area (Å²) in [6.07, 6.45) is 0. The minimum absolute atomic E-state index is 0.00732. The zero-order valence-electron chi connectivity index (χ0n) is 18.5. The molecular weight excluding hydrogens is 496 g/mol. The second kappa shape index (κ2) is 10.0. The summed E-state index contributed by atoms with van der Waals surface area (Å²) in [5.74, 6) is 0.469. The van der Waals surface area contributed by atoms with Gasteiger partial charge in [-0.05, 0) is 48.5 Å². The number of rotatable bonds is 8. The number of hydrogen-bond acceptors (Lipinski definition) is 8. The molecule has 0 spiro atoms. The average Bonchev–Trinajstić information content (AvgIpc) is 3.32. The number of aromatic nitrogens is 2. The number of para-hydroxylation sites is 1. The Hall–Kier alpha value is -4.09. The van der Waals surface area contributed by atoms with Gasteiger partial charge in [-0.3, -0.25) is 14.8 Å². The number of carbonyl (C=O) groups is 1. The van der Waals surface area contributed by atoms with Gasteiger partial charge in [0.1, 0.15) is 11.5 Å². The fourth-order valence-corrected chi connectivity index (χ4v) is 4.32. The number of halogens is 1. The molecule has 0 bridgehead atoms. The van der Waals surface area contributed by atoms with Gasteiger partial charge in [-0.15, -0.1) is 5.10 Å². The molecule has 0 saturated heterocycles. The summed E-state index contributed by atoms with van der Waals surface area (Å²) in [5, 5.41) is 10.7. The zero-order valence-corrected chi connectivity index (χ0v) is 20.1. The fourth-order valence-electron chi connectivity index (χ4n) is 3.11. The zero-order chi connectivity index (χ0) is 25.0. The number of methoxy groups -OCH3 is 2. The Kier molecular flexibility index (Phi) is 6.90. The molecule has 10 nitrogen and oxygen atoms in total. The maximum Gasteiger partial charge on any atom is 0.322 e. The third-order valence-electron chi connectivity index (χ3n) is 4.82. The maximum atomic E-state index is 12.9. The van der Waals surface area contributed by atoms with Crippen molar-refractivity contribution in [1.29, 1.82) is 0 Å². The van der Waals surface area contributed by atoms with Crippen LogP contribution in [0.2, 0.25) is 5.02 Å². The van der Waals surface area contributed by atoms with Crippen molar-refractivity contribution in [2.75, 3.05) is 24.3 Å². The molecule has 0 saturated carbocycles. The van der Waals surface area contributed by atoms with Gasteiger partial charge in [0, 0.05) is 11.1 Å². The molecular formula is C23H19ClN4O6S. The summed E-state index contributed by atoms with van der Waals surface area (Å²) in [6, 6.07) is 16.6. The summed E-state index contributed by atoms with van der Waals surface area (Å²) >= 11 is 5.84. The number of benzene rings is 3. The lowest BCUT2D eigenvalue weighted by Crippen LogP contribution is -2.18. The van der Waals surface area contributed by atoms with Crippen LogP contribution in [-0.4, -0.2) is 38.7 Å². The summed E-state index contributed by atoms with van der Waals surface area (Å²) in [4.78, 5) is 12.9. The summed E-state index contributed by atoms with van der Waals surface area (Å²) < 4.78 is 44.0. The highest BCUT2D eigenvalue weighted by atomic mass is 35.5. The van der Waals surface area contributed by atoms with Crippen LogP contribution in [0.4, 0.5) is 11.7 Å².